The molecule has 0 aliphatic heterocycles. The van der Waals surface area contributed by atoms with E-state index in [9.17, 15) is 0 Å². The van der Waals surface area contributed by atoms with Crippen LogP contribution >= 0.6 is 0 Å². The van der Waals surface area contributed by atoms with Gasteiger partial charge in [-0.3, -0.25) is 4.84 Å². The van der Waals surface area contributed by atoms with Crippen LogP contribution in [0.5, 0.6) is 0 Å². The molecule has 0 aliphatic rings. The summed E-state index contributed by atoms with van der Waals surface area (Å²) in [4.78, 5) is 4.26. The first-order valence-corrected chi connectivity index (χ1v) is 2.88. The minimum atomic E-state index is 0.0541. The van der Waals surface area contributed by atoms with Crippen molar-refractivity contribution in [3.8, 4) is 11.8 Å². The third-order valence-corrected chi connectivity index (χ3v) is 0.619. The highest BCUT2D eigenvalue weighted by Crippen LogP contribution is 2.09. The van der Waals surface area contributed by atoms with E-state index >= 15 is 0 Å². The van der Waals surface area contributed by atoms with Crippen molar-refractivity contribution in [3.05, 3.63) is 0 Å². The number of rotatable bonds is 1. The van der Waals surface area contributed by atoms with Gasteiger partial charge < -0.3 is 0 Å². The van der Waals surface area contributed by atoms with Gasteiger partial charge in [0.05, 0.1) is 0 Å². The van der Waals surface area contributed by atoms with Gasteiger partial charge in [-0.05, 0) is 20.8 Å². The Morgan fingerprint density at radius 2 is 2.00 bits per heavy atom. The van der Waals surface area contributed by atoms with Crippen LogP contribution in [0, 0.1) is 17.3 Å². The first-order chi connectivity index (χ1) is 4.06. The summed E-state index contributed by atoms with van der Waals surface area (Å²) in [6, 6.07) is 0. The van der Waals surface area contributed by atoms with E-state index in [-0.39, 0.29) is 5.41 Å². The van der Waals surface area contributed by atoms with Crippen LogP contribution in [-0.2, 0) is 4.84 Å². The maximum Gasteiger partial charge on any atom is 0.128 e. The Balaban J connectivity index is 3.59. The zero-order valence-corrected chi connectivity index (χ0v) is 6.19. The maximum absolute atomic E-state index is 4.76. The summed E-state index contributed by atoms with van der Waals surface area (Å²) in [5.41, 5.74) is 0.0541. The lowest BCUT2D eigenvalue weighted by Gasteiger charge is -2.06. The monoisotopic (exact) mass is 127 g/mol. The molecule has 0 heterocycles. The van der Waals surface area contributed by atoms with Crippen molar-refractivity contribution in [2.24, 2.45) is 11.3 Å². The zero-order chi connectivity index (χ0) is 7.33. The Morgan fingerprint density at radius 3 is 2.33 bits per heavy atom. The fourth-order valence-corrected chi connectivity index (χ4v) is 0.343. The third-order valence-electron chi connectivity index (χ3n) is 0.619. The molecular formula is C7H13NO. The van der Waals surface area contributed by atoms with Gasteiger partial charge in [-0.25, -0.2) is 5.90 Å². The topological polar surface area (TPSA) is 35.2 Å². The van der Waals surface area contributed by atoms with Crippen LogP contribution in [0.3, 0.4) is 0 Å². The van der Waals surface area contributed by atoms with Crippen LogP contribution in [0.4, 0.5) is 0 Å². The highest BCUT2D eigenvalue weighted by atomic mass is 16.6. The van der Waals surface area contributed by atoms with Crippen molar-refractivity contribution < 1.29 is 4.84 Å². The molecule has 0 amide bonds. The van der Waals surface area contributed by atoms with Crippen LogP contribution in [-0.4, -0.2) is 6.61 Å². The molecule has 0 fully saturated rings. The van der Waals surface area contributed by atoms with E-state index < -0.39 is 0 Å². The normalized spacial score (nSPS) is 10.2. The molecule has 0 aliphatic carbocycles. The van der Waals surface area contributed by atoms with Crippen molar-refractivity contribution in [2.45, 2.75) is 20.8 Å². The lowest BCUT2D eigenvalue weighted by Crippen LogP contribution is -2.02. The van der Waals surface area contributed by atoms with Crippen molar-refractivity contribution in [3.63, 3.8) is 0 Å². The summed E-state index contributed by atoms with van der Waals surface area (Å²) in [7, 11) is 0. The predicted octanol–water partition coefficient (Wildman–Crippen LogP) is 0.926. The molecule has 2 heteroatoms. The first kappa shape index (κ1) is 8.48. The molecule has 0 saturated carbocycles. The Morgan fingerprint density at radius 1 is 1.44 bits per heavy atom. The fraction of sp³-hybridized carbons (Fsp3) is 0.714. The van der Waals surface area contributed by atoms with Crippen molar-refractivity contribution >= 4 is 0 Å². The van der Waals surface area contributed by atoms with Gasteiger partial charge in [0, 0.05) is 5.41 Å². The van der Waals surface area contributed by atoms with E-state index in [4.69, 9.17) is 5.90 Å². The van der Waals surface area contributed by atoms with Gasteiger partial charge >= 0.3 is 0 Å². The zero-order valence-electron chi connectivity index (χ0n) is 6.19. The van der Waals surface area contributed by atoms with Gasteiger partial charge in [0.25, 0.3) is 0 Å². The summed E-state index contributed by atoms with van der Waals surface area (Å²) < 4.78 is 0. The lowest BCUT2D eigenvalue weighted by molar-refractivity contribution is 0.173. The second-order valence-electron chi connectivity index (χ2n) is 2.86. The SMILES string of the molecule is CC(C)(C)C#CCON. The molecule has 0 atom stereocenters. The summed E-state index contributed by atoms with van der Waals surface area (Å²) in [6.07, 6.45) is 0. The molecule has 0 unspecified atom stereocenters. The average molecular weight is 127 g/mol. The number of hydrogen-bond acceptors (Lipinski definition) is 2. The van der Waals surface area contributed by atoms with Crippen LogP contribution in [0.2, 0.25) is 0 Å². The van der Waals surface area contributed by atoms with E-state index in [0.717, 1.165) is 0 Å². The second kappa shape index (κ2) is 3.49. The van der Waals surface area contributed by atoms with E-state index in [2.05, 4.69) is 16.7 Å². The number of nitrogens with two attached hydrogens (primary N) is 1. The van der Waals surface area contributed by atoms with E-state index in [1.807, 2.05) is 20.8 Å². The van der Waals surface area contributed by atoms with Gasteiger partial charge in [0.1, 0.15) is 6.61 Å². The van der Waals surface area contributed by atoms with Crippen LogP contribution in [0.15, 0.2) is 0 Å². The molecule has 0 saturated heterocycles. The third kappa shape index (κ3) is 7.48. The number of hydrogen-bond donors (Lipinski definition) is 1. The highest BCUT2D eigenvalue weighted by molar-refractivity contribution is 5.07. The highest BCUT2D eigenvalue weighted by Gasteiger charge is 2.02. The molecule has 52 valence electrons. The summed E-state index contributed by atoms with van der Waals surface area (Å²) >= 11 is 0. The molecule has 0 rings (SSSR count). The van der Waals surface area contributed by atoms with Crippen LogP contribution < -0.4 is 5.90 Å². The summed E-state index contributed by atoms with van der Waals surface area (Å²) in [6.45, 7) is 6.43. The first-order valence-electron chi connectivity index (χ1n) is 2.88. The molecule has 0 aromatic rings. The molecule has 2 N–H and O–H groups in total. The van der Waals surface area contributed by atoms with Gasteiger partial charge in [0.2, 0.25) is 0 Å². The Kier molecular flexibility index (Phi) is 3.29. The standard InChI is InChI=1S/C7H13NO/c1-7(2,3)5-4-6-9-8/h6,8H2,1-3H3. The Bertz CT molecular complexity index is 124. The molecular weight excluding hydrogens is 114 g/mol. The Hall–Kier alpha value is -0.520. The van der Waals surface area contributed by atoms with Gasteiger partial charge in [-0.2, -0.15) is 0 Å². The average Bonchev–Trinajstić information content (AvgIpc) is 1.63. The molecule has 0 spiro atoms. The van der Waals surface area contributed by atoms with Crippen LogP contribution in [0.1, 0.15) is 20.8 Å². The quantitative estimate of drug-likeness (QED) is 0.420. The smallest absolute Gasteiger partial charge is 0.128 e. The molecule has 0 aromatic heterocycles. The van der Waals surface area contributed by atoms with Crippen LogP contribution in [0.25, 0.3) is 0 Å². The minimum absolute atomic E-state index is 0.0541. The van der Waals surface area contributed by atoms with E-state index in [1.165, 1.54) is 0 Å². The van der Waals surface area contributed by atoms with Crippen molar-refractivity contribution in [2.75, 3.05) is 6.61 Å². The predicted molar refractivity (Wildman–Crippen MR) is 37.4 cm³/mol. The van der Waals surface area contributed by atoms with Crippen molar-refractivity contribution in [1.29, 1.82) is 0 Å². The van der Waals surface area contributed by atoms with E-state index in [1.54, 1.807) is 0 Å². The molecule has 0 radical (unpaired) electrons. The molecule has 0 aromatic carbocycles. The Labute approximate surface area is 56.3 Å². The fourth-order valence-electron chi connectivity index (χ4n) is 0.343. The largest absolute Gasteiger partial charge is 0.292 e. The van der Waals surface area contributed by atoms with Crippen molar-refractivity contribution in [1.82, 2.24) is 0 Å². The maximum atomic E-state index is 4.76. The summed E-state index contributed by atoms with van der Waals surface area (Å²) in [5.74, 6) is 10.5. The molecule has 2 nitrogen and oxygen atoms in total. The minimum Gasteiger partial charge on any atom is -0.292 e. The molecule has 9 heavy (non-hydrogen) atoms. The van der Waals surface area contributed by atoms with E-state index in [0.29, 0.717) is 6.61 Å². The van der Waals surface area contributed by atoms with Gasteiger partial charge in [-0.1, -0.05) is 11.8 Å². The van der Waals surface area contributed by atoms with Gasteiger partial charge in [0.15, 0.2) is 0 Å². The van der Waals surface area contributed by atoms with Gasteiger partial charge in [-0.15, -0.1) is 0 Å². The summed E-state index contributed by atoms with van der Waals surface area (Å²) in [5, 5.41) is 0. The molecule has 0 bridgehead atoms. The lowest BCUT2D eigenvalue weighted by atomic mass is 9.98. The second-order valence-corrected chi connectivity index (χ2v) is 2.86.